The van der Waals surface area contributed by atoms with Gasteiger partial charge in [-0.1, -0.05) is 0 Å². The number of carbonyl (C=O) groups is 1. The van der Waals surface area contributed by atoms with E-state index in [-0.39, 0.29) is 5.91 Å². The molecule has 3 aromatic rings. The number of likely N-dealkylation sites (tertiary alicyclic amines) is 1. The van der Waals surface area contributed by atoms with Gasteiger partial charge in [-0.25, -0.2) is 9.97 Å². The molecule has 0 spiro atoms. The smallest absolute Gasteiger partial charge is 0.242 e. The molecule has 3 heterocycles. The van der Waals surface area contributed by atoms with Crippen molar-refractivity contribution in [1.82, 2.24) is 14.9 Å². The van der Waals surface area contributed by atoms with E-state index < -0.39 is 5.54 Å². The first kappa shape index (κ1) is 27.0. The van der Waals surface area contributed by atoms with Crippen molar-refractivity contribution in [2.24, 2.45) is 11.7 Å². The summed E-state index contributed by atoms with van der Waals surface area (Å²) in [7, 11) is 0. The lowest BCUT2D eigenvalue weighted by atomic mass is 9.97. The highest BCUT2D eigenvalue weighted by Gasteiger charge is 2.48. The highest BCUT2D eigenvalue weighted by molar-refractivity contribution is 5.89. The second kappa shape index (κ2) is 11.7. The van der Waals surface area contributed by atoms with Gasteiger partial charge in [0.2, 0.25) is 11.9 Å². The summed E-state index contributed by atoms with van der Waals surface area (Å²) in [5.74, 6) is 1.45. The number of hydrogen-bond acceptors (Lipinski definition) is 9. The van der Waals surface area contributed by atoms with Crippen molar-refractivity contribution in [2.75, 3.05) is 56.2 Å². The van der Waals surface area contributed by atoms with Gasteiger partial charge in [-0.3, -0.25) is 4.79 Å². The van der Waals surface area contributed by atoms with E-state index in [1.807, 2.05) is 35.2 Å². The third-order valence-electron chi connectivity index (χ3n) is 8.14. The molecule has 3 fully saturated rings. The number of anilines is 3. The second-order valence-corrected chi connectivity index (χ2v) is 11.1. The monoisotopic (exact) mass is 553 g/mol. The lowest BCUT2D eigenvalue weighted by Crippen LogP contribution is -2.49. The quantitative estimate of drug-likeness (QED) is 0.429. The summed E-state index contributed by atoms with van der Waals surface area (Å²) in [6, 6.07) is 17.8. The Morgan fingerprint density at radius 3 is 2.56 bits per heavy atom. The Bertz CT molecular complexity index is 1420. The van der Waals surface area contributed by atoms with Gasteiger partial charge in [0.05, 0.1) is 36.6 Å². The fourth-order valence-corrected chi connectivity index (χ4v) is 5.36. The minimum absolute atomic E-state index is 0.0870. The summed E-state index contributed by atoms with van der Waals surface area (Å²) in [5, 5.41) is 13.1. The lowest BCUT2D eigenvalue weighted by Gasteiger charge is -2.33. The van der Waals surface area contributed by atoms with Gasteiger partial charge in [-0.05, 0) is 80.1 Å². The molecule has 1 aliphatic carbocycles. The molecule has 3 N–H and O–H groups in total. The predicted molar refractivity (Wildman–Crippen MR) is 156 cm³/mol. The van der Waals surface area contributed by atoms with E-state index in [9.17, 15) is 10.1 Å². The predicted octanol–water partition coefficient (Wildman–Crippen LogP) is 3.70. The Labute approximate surface area is 240 Å². The molecule has 0 radical (unpaired) electrons. The number of nitrogens with one attached hydrogen (secondary N) is 1. The summed E-state index contributed by atoms with van der Waals surface area (Å²) in [6.45, 7) is 5.21. The van der Waals surface area contributed by atoms with Crippen molar-refractivity contribution in [3.8, 4) is 23.1 Å². The molecule has 3 aliphatic rings. The van der Waals surface area contributed by atoms with E-state index in [1.165, 1.54) is 5.69 Å². The van der Waals surface area contributed by atoms with E-state index in [0.717, 1.165) is 63.2 Å². The Morgan fingerprint density at radius 2 is 1.85 bits per heavy atom. The number of nitrogens with two attached hydrogens (primary N) is 1. The number of benzene rings is 2. The van der Waals surface area contributed by atoms with Crippen LogP contribution in [0.15, 0.2) is 54.7 Å². The minimum Gasteiger partial charge on any atom is -0.492 e. The zero-order valence-electron chi connectivity index (χ0n) is 23.1. The zero-order chi connectivity index (χ0) is 28.2. The zero-order valence-corrected chi connectivity index (χ0v) is 23.1. The summed E-state index contributed by atoms with van der Waals surface area (Å²) >= 11 is 0. The average molecular weight is 554 g/mol. The van der Waals surface area contributed by atoms with Gasteiger partial charge in [-0.15, -0.1) is 0 Å². The number of aromatic nitrogens is 2. The number of ether oxygens (including phenoxy) is 2. The molecule has 10 nitrogen and oxygen atoms in total. The van der Waals surface area contributed by atoms with Crippen molar-refractivity contribution < 1.29 is 14.3 Å². The van der Waals surface area contributed by atoms with Crippen LogP contribution < -0.4 is 20.7 Å². The largest absolute Gasteiger partial charge is 0.492 e. The molecule has 0 atom stereocenters. The van der Waals surface area contributed by atoms with E-state index >= 15 is 0 Å². The molecule has 1 aromatic heterocycles. The van der Waals surface area contributed by atoms with Crippen molar-refractivity contribution in [3.63, 3.8) is 0 Å². The van der Waals surface area contributed by atoms with Crippen LogP contribution in [0.5, 0.6) is 5.75 Å². The first-order chi connectivity index (χ1) is 20.0. The van der Waals surface area contributed by atoms with Crippen LogP contribution in [0, 0.1) is 17.2 Å². The molecule has 2 aromatic carbocycles. The van der Waals surface area contributed by atoms with Gasteiger partial charge in [0.1, 0.15) is 11.8 Å². The Hall–Kier alpha value is -4.20. The van der Waals surface area contributed by atoms with Crippen LogP contribution in [-0.4, -0.2) is 72.3 Å². The lowest BCUT2D eigenvalue weighted by molar-refractivity contribution is -0.135. The Balaban J connectivity index is 1.06. The van der Waals surface area contributed by atoms with E-state index in [1.54, 1.807) is 12.3 Å². The molecule has 1 amide bonds. The first-order valence-electron chi connectivity index (χ1n) is 14.3. The van der Waals surface area contributed by atoms with Crippen LogP contribution in [-0.2, 0) is 9.53 Å². The average Bonchev–Trinajstić information content (AvgIpc) is 3.79. The number of piperidine rings is 1. The van der Waals surface area contributed by atoms with Gasteiger partial charge in [-0.2, -0.15) is 5.26 Å². The number of nitriles is 1. The van der Waals surface area contributed by atoms with Gasteiger partial charge in [0.15, 0.2) is 0 Å². The standard InChI is InChI=1S/C31H35N7O3/c32-20-24-19-23(1-6-28(24)41-21-22-8-13-38(14-9-22)29(39)31(33)10-11-31)27-7-12-34-30(36-27)35-25-2-4-26(5-3-25)37-15-17-40-18-16-37/h1-7,12,19,22H,8-11,13-18,21,33H2,(H,34,35,36). The number of amides is 1. The Morgan fingerprint density at radius 1 is 1.10 bits per heavy atom. The molecule has 41 heavy (non-hydrogen) atoms. The molecule has 1 saturated carbocycles. The Kier molecular flexibility index (Phi) is 7.72. The maximum atomic E-state index is 12.5. The van der Waals surface area contributed by atoms with Gasteiger partial charge in [0, 0.05) is 49.3 Å². The molecule has 2 saturated heterocycles. The van der Waals surface area contributed by atoms with Crippen molar-refractivity contribution in [1.29, 1.82) is 5.26 Å². The molecule has 2 aliphatic heterocycles. The summed E-state index contributed by atoms with van der Waals surface area (Å²) in [4.78, 5) is 25.7. The maximum absolute atomic E-state index is 12.5. The summed E-state index contributed by atoms with van der Waals surface area (Å²) in [5.41, 5.74) is 9.51. The molecule has 0 bridgehead atoms. The number of carbonyl (C=O) groups excluding carboxylic acids is 1. The van der Waals surface area contributed by atoms with Crippen LogP contribution in [0.2, 0.25) is 0 Å². The van der Waals surface area contributed by atoms with Crippen LogP contribution in [0.1, 0.15) is 31.2 Å². The van der Waals surface area contributed by atoms with Gasteiger partial charge >= 0.3 is 0 Å². The topological polar surface area (TPSA) is 130 Å². The van der Waals surface area contributed by atoms with Crippen molar-refractivity contribution in [3.05, 3.63) is 60.3 Å². The second-order valence-electron chi connectivity index (χ2n) is 11.1. The normalized spacial score (nSPS) is 18.4. The summed E-state index contributed by atoms with van der Waals surface area (Å²) in [6.07, 6.45) is 5.02. The molecule has 0 unspecified atom stereocenters. The molecular weight excluding hydrogens is 518 g/mol. The van der Waals surface area contributed by atoms with Crippen molar-refractivity contribution in [2.45, 2.75) is 31.2 Å². The highest BCUT2D eigenvalue weighted by Crippen LogP contribution is 2.35. The van der Waals surface area contributed by atoms with Crippen molar-refractivity contribution >= 4 is 23.2 Å². The van der Waals surface area contributed by atoms with E-state index in [0.29, 0.717) is 48.6 Å². The first-order valence-corrected chi connectivity index (χ1v) is 14.3. The molecular formula is C31H35N7O3. The fraction of sp³-hybridized carbons (Fsp3) is 0.419. The number of nitrogens with zero attached hydrogens (tertiary/aromatic N) is 5. The third-order valence-corrected chi connectivity index (χ3v) is 8.14. The highest BCUT2D eigenvalue weighted by atomic mass is 16.5. The van der Waals surface area contributed by atoms with Crippen LogP contribution >= 0.6 is 0 Å². The minimum atomic E-state index is -0.609. The van der Waals surface area contributed by atoms with Crippen LogP contribution in [0.25, 0.3) is 11.3 Å². The number of rotatable bonds is 8. The van der Waals surface area contributed by atoms with Crippen LogP contribution in [0.4, 0.5) is 17.3 Å². The maximum Gasteiger partial charge on any atom is 0.242 e. The molecule has 10 heteroatoms. The van der Waals surface area contributed by atoms with Gasteiger partial charge < -0.3 is 30.3 Å². The van der Waals surface area contributed by atoms with Crippen LogP contribution in [0.3, 0.4) is 0 Å². The fourth-order valence-electron chi connectivity index (χ4n) is 5.36. The number of morpholine rings is 1. The molecule has 212 valence electrons. The van der Waals surface area contributed by atoms with E-state index in [4.69, 9.17) is 15.2 Å². The number of hydrogen-bond donors (Lipinski definition) is 2. The van der Waals surface area contributed by atoms with E-state index in [2.05, 4.69) is 38.4 Å². The van der Waals surface area contributed by atoms with Gasteiger partial charge in [0.25, 0.3) is 0 Å². The SMILES string of the molecule is N#Cc1cc(-c2ccnc(Nc3ccc(N4CCOCC4)cc3)n2)ccc1OCC1CCN(C(=O)C2(N)CC2)CC1. The molecule has 6 rings (SSSR count). The third kappa shape index (κ3) is 6.26. The summed E-state index contributed by atoms with van der Waals surface area (Å²) < 4.78 is 11.5.